The Labute approximate surface area is 151 Å². The first-order chi connectivity index (χ1) is 11.1. The van der Waals surface area contributed by atoms with Gasteiger partial charge in [0.1, 0.15) is 16.7 Å². The minimum absolute atomic E-state index is 0.182. The zero-order chi connectivity index (χ0) is 16.2. The number of carbonyl (C=O) groups excluding carboxylic acids is 1. The number of thioether (sulfide) groups is 1. The number of aromatic nitrogens is 1. The summed E-state index contributed by atoms with van der Waals surface area (Å²) < 4.78 is 7.24. The second kappa shape index (κ2) is 7.25. The lowest BCUT2D eigenvalue weighted by Gasteiger charge is -2.10. The van der Waals surface area contributed by atoms with Crippen molar-refractivity contribution < 1.29 is 9.53 Å². The topological polar surface area (TPSA) is 51.2 Å². The Kier molecular flexibility index (Phi) is 5.09. The van der Waals surface area contributed by atoms with Crippen molar-refractivity contribution in [2.75, 3.05) is 0 Å². The molecular weight excluding hydrogens is 396 g/mol. The van der Waals surface area contributed by atoms with E-state index >= 15 is 0 Å². The summed E-state index contributed by atoms with van der Waals surface area (Å²) in [4.78, 5) is 16.4. The Morgan fingerprint density at radius 3 is 2.96 bits per heavy atom. The zero-order valence-corrected chi connectivity index (χ0v) is 15.0. The van der Waals surface area contributed by atoms with Crippen molar-refractivity contribution in [2.45, 2.75) is 6.61 Å². The van der Waals surface area contributed by atoms with Gasteiger partial charge in [-0.2, -0.15) is 0 Å². The summed E-state index contributed by atoms with van der Waals surface area (Å²) in [7, 11) is 0. The van der Waals surface area contributed by atoms with Crippen molar-refractivity contribution in [1.82, 2.24) is 10.3 Å². The number of ether oxygens (including phenoxy) is 1. The normalized spacial score (nSPS) is 15.8. The summed E-state index contributed by atoms with van der Waals surface area (Å²) in [6.45, 7) is 0.406. The molecule has 4 nitrogen and oxygen atoms in total. The molecule has 1 aliphatic rings. The Bertz CT molecular complexity index is 794. The molecule has 0 atom stereocenters. The average Bonchev–Trinajstić information content (AvgIpc) is 2.85. The largest absolute Gasteiger partial charge is 0.488 e. The molecule has 23 heavy (non-hydrogen) atoms. The van der Waals surface area contributed by atoms with Gasteiger partial charge in [0, 0.05) is 28.0 Å². The molecule has 1 fully saturated rings. The molecule has 0 saturated carbocycles. The number of nitrogens with zero attached hydrogens (tertiary/aromatic N) is 1. The molecule has 0 aliphatic carbocycles. The molecule has 1 amide bonds. The number of pyridine rings is 1. The third-order valence-electron chi connectivity index (χ3n) is 3.02. The summed E-state index contributed by atoms with van der Waals surface area (Å²) >= 11 is 9.70. The van der Waals surface area contributed by atoms with Crippen molar-refractivity contribution in [3.8, 4) is 5.75 Å². The highest BCUT2D eigenvalue weighted by atomic mass is 79.9. The highest BCUT2D eigenvalue weighted by Crippen LogP contribution is 2.31. The van der Waals surface area contributed by atoms with Crippen molar-refractivity contribution >= 4 is 56.2 Å². The molecule has 1 aliphatic heterocycles. The lowest BCUT2D eigenvalue weighted by atomic mass is 10.2. The van der Waals surface area contributed by atoms with Gasteiger partial charge in [0.05, 0.1) is 4.91 Å². The number of benzene rings is 1. The number of amides is 1. The van der Waals surface area contributed by atoms with Gasteiger partial charge < -0.3 is 10.1 Å². The molecule has 0 radical (unpaired) electrons. The molecule has 0 bridgehead atoms. The fraction of sp³-hybridized carbons (Fsp3) is 0.0625. The second-order valence-electron chi connectivity index (χ2n) is 4.68. The van der Waals surface area contributed by atoms with Crippen molar-refractivity contribution in [2.24, 2.45) is 0 Å². The van der Waals surface area contributed by atoms with Crippen LogP contribution in [0.15, 0.2) is 52.1 Å². The molecule has 1 aromatic carbocycles. The average molecular weight is 407 g/mol. The van der Waals surface area contributed by atoms with Crippen LogP contribution in [-0.2, 0) is 11.4 Å². The van der Waals surface area contributed by atoms with Crippen molar-refractivity contribution in [1.29, 1.82) is 0 Å². The third-order valence-corrected chi connectivity index (χ3v) is 4.67. The van der Waals surface area contributed by atoms with E-state index in [1.807, 2.05) is 30.3 Å². The Morgan fingerprint density at radius 2 is 2.26 bits per heavy atom. The highest BCUT2D eigenvalue weighted by Gasteiger charge is 2.22. The van der Waals surface area contributed by atoms with Crippen molar-refractivity contribution in [3.63, 3.8) is 0 Å². The van der Waals surface area contributed by atoms with Crippen LogP contribution in [0.5, 0.6) is 5.75 Å². The number of hydrogen-bond donors (Lipinski definition) is 1. The van der Waals surface area contributed by atoms with Crippen LogP contribution >= 0.6 is 39.9 Å². The molecule has 0 unspecified atom stereocenters. The summed E-state index contributed by atoms with van der Waals surface area (Å²) in [5.74, 6) is 0.508. The van der Waals surface area contributed by atoms with Crippen LogP contribution in [0.3, 0.4) is 0 Å². The van der Waals surface area contributed by atoms with Gasteiger partial charge in [-0.25, -0.2) is 0 Å². The van der Waals surface area contributed by atoms with E-state index in [-0.39, 0.29) is 5.91 Å². The maximum absolute atomic E-state index is 11.8. The van der Waals surface area contributed by atoms with Gasteiger partial charge in [-0.3, -0.25) is 9.78 Å². The van der Waals surface area contributed by atoms with Gasteiger partial charge in [0.2, 0.25) is 0 Å². The van der Waals surface area contributed by atoms with E-state index in [9.17, 15) is 4.79 Å². The zero-order valence-electron chi connectivity index (χ0n) is 11.8. The van der Waals surface area contributed by atoms with E-state index in [0.717, 1.165) is 15.6 Å². The number of carbonyl (C=O) groups is 1. The van der Waals surface area contributed by atoms with Gasteiger partial charge in [-0.15, -0.1) is 0 Å². The smallest absolute Gasteiger partial charge is 0.263 e. The number of rotatable bonds is 4. The van der Waals surface area contributed by atoms with Gasteiger partial charge >= 0.3 is 0 Å². The molecule has 2 heterocycles. The van der Waals surface area contributed by atoms with Crippen LogP contribution in [-0.4, -0.2) is 15.2 Å². The van der Waals surface area contributed by atoms with Crippen LogP contribution in [0, 0.1) is 0 Å². The Balaban J connectivity index is 1.85. The first kappa shape index (κ1) is 16.2. The van der Waals surface area contributed by atoms with Crippen LogP contribution in [0.25, 0.3) is 6.08 Å². The Morgan fingerprint density at radius 1 is 1.39 bits per heavy atom. The SMILES string of the molecule is O=C1NC(=S)S/C1=C\c1cc(Br)ccc1OCc1cccnc1. The lowest BCUT2D eigenvalue weighted by Crippen LogP contribution is -2.17. The van der Waals surface area contributed by atoms with E-state index in [1.54, 1.807) is 18.5 Å². The van der Waals surface area contributed by atoms with Gasteiger partial charge in [-0.1, -0.05) is 46.0 Å². The maximum Gasteiger partial charge on any atom is 0.263 e. The first-order valence-corrected chi connectivity index (χ1v) is 8.70. The highest BCUT2D eigenvalue weighted by molar-refractivity contribution is 9.10. The van der Waals surface area contributed by atoms with Crippen LogP contribution in [0.2, 0.25) is 0 Å². The molecule has 1 aromatic heterocycles. The van der Waals surface area contributed by atoms with Crippen LogP contribution in [0.4, 0.5) is 0 Å². The van der Waals surface area contributed by atoms with E-state index < -0.39 is 0 Å². The predicted octanol–water partition coefficient (Wildman–Crippen LogP) is 3.91. The second-order valence-corrected chi connectivity index (χ2v) is 7.32. The maximum atomic E-state index is 11.8. The minimum atomic E-state index is -0.182. The number of nitrogens with one attached hydrogen (secondary N) is 1. The summed E-state index contributed by atoms with van der Waals surface area (Å²) in [5, 5.41) is 2.61. The number of halogens is 1. The first-order valence-electron chi connectivity index (χ1n) is 6.68. The van der Waals surface area contributed by atoms with Gasteiger partial charge in [-0.05, 0) is 30.3 Å². The molecule has 2 aromatic rings. The van der Waals surface area contributed by atoms with E-state index in [4.69, 9.17) is 17.0 Å². The molecule has 0 spiro atoms. The van der Waals surface area contributed by atoms with Crippen molar-refractivity contribution in [3.05, 3.63) is 63.2 Å². The molecular formula is C16H11BrN2O2S2. The molecule has 116 valence electrons. The Hall–Kier alpha value is -1.70. The molecule has 1 N–H and O–H groups in total. The lowest BCUT2D eigenvalue weighted by molar-refractivity contribution is -0.115. The molecule has 1 saturated heterocycles. The van der Waals surface area contributed by atoms with E-state index in [2.05, 4.69) is 26.2 Å². The van der Waals surface area contributed by atoms with Crippen LogP contribution in [0.1, 0.15) is 11.1 Å². The quantitative estimate of drug-likeness (QED) is 0.615. The summed E-state index contributed by atoms with van der Waals surface area (Å²) in [6.07, 6.45) is 5.26. The fourth-order valence-electron chi connectivity index (χ4n) is 1.97. The fourth-order valence-corrected chi connectivity index (χ4v) is 3.38. The predicted molar refractivity (Wildman–Crippen MR) is 99.0 cm³/mol. The number of thiocarbonyl (C=S) groups is 1. The van der Waals surface area contributed by atoms with E-state index in [0.29, 0.717) is 21.6 Å². The molecule has 7 heteroatoms. The monoisotopic (exact) mass is 406 g/mol. The molecule has 3 rings (SSSR count). The summed E-state index contributed by atoms with van der Waals surface area (Å²) in [5.41, 5.74) is 1.79. The summed E-state index contributed by atoms with van der Waals surface area (Å²) in [6, 6.07) is 9.48. The minimum Gasteiger partial charge on any atom is -0.488 e. The van der Waals surface area contributed by atoms with Crippen LogP contribution < -0.4 is 10.1 Å². The third kappa shape index (κ3) is 4.19. The van der Waals surface area contributed by atoms with Gasteiger partial charge in [0.25, 0.3) is 5.91 Å². The number of hydrogen-bond acceptors (Lipinski definition) is 5. The van der Waals surface area contributed by atoms with Gasteiger partial charge in [0.15, 0.2) is 0 Å². The standard InChI is InChI=1S/C16H11BrN2O2S2/c17-12-3-4-13(21-9-10-2-1-5-18-8-10)11(6-12)7-14-15(20)19-16(22)23-14/h1-8H,9H2,(H,19,20,22)/b14-7-. The van der Waals surface area contributed by atoms with E-state index in [1.165, 1.54) is 11.8 Å².